The molecule has 2 aliphatic rings. The van der Waals surface area contributed by atoms with Crippen LogP contribution in [0.1, 0.15) is 33.1 Å². The van der Waals surface area contributed by atoms with Crippen LogP contribution < -0.4 is 5.73 Å². The Morgan fingerprint density at radius 3 is 2.60 bits per heavy atom. The Balaban J connectivity index is 1.90. The first-order valence-corrected chi connectivity index (χ1v) is 6.14. The van der Waals surface area contributed by atoms with Gasteiger partial charge < -0.3 is 10.6 Å². The Kier molecular flexibility index (Phi) is 3.01. The predicted molar refractivity (Wildman–Crippen MR) is 60.2 cm³/mol. The summed E-state index contributed by atoms with van der Waals surface area (Å²) in [5, 5.41) is 0. The van der Waals surface area contributed by atoms with Gasteiger partial charge in [0.05, 0.1) is 0 Å². The van der Waals surface area contributed by atoms with Crippen LogP contribution in [0.4, 0.5) is 0 Å². The van der Waals surface area contributed by atoms with Crippen molar-refractivity contribution in [3.8, 4) is 0 Å². The largest absolute Gasteiger partial charge is 0.341 e. The Bertz CT molecular complexity index is 250. The second kappa shape index (κ2) is 4.12. The van der Waals surface area contributed by atoms with E-state index in [1.807, 2.05) is 4.90 Å². The zero-order valence-corrected chi connectivity index (χ0v) is 9.78. The minimum absolute atomic E-state index is 0.175. The van der Waals surface area contributed by atoms with Crippen molar-refractivity contribution in [3.05, 3.63) is 0 Å². The molecule has 15 heavy (non-hydrogen) atoms. The number of hydrogen-bond acceptors (Lipinski definition) is 2. The fourth-order valence-electron chi connectivity index (χ4n) is 2.39. The molecule has 0 spiro atoms. The monoisotopic (exact) mass is 210 g/mol. The van der Waals surface area contributed by atoms with Crippen LogP contribution in [0.2, 0.25) is 0 Å². The highest BCUT2D eigenvalue weighted by atomic mass is 16.2. The Labute approximate surface area is 92.0 Å². The van der Waals surface area contributed by atoms with Gasteiger partial charge in [-0.25, -0.2) is 0 Å². The molecule has 1 aliphatic heterocycles. The lowest BCUT2D eigenvalue weighted by atomic mass is 9.93. The van der Waals surface area contributed by atoms with Gasteiger partial charge in [0, 0.05) is 25.0 Å². The topological polar surface area (TPSA) is 46.3 Å². The quantitative estimate of drug-likeness (QED) is 0.745. The van der Waals surface area contributed by atoms with Crippen molar-refractivity contribution in [2.45, 2.75) is 39.2 Å². The van der Waals surface area contributed by atoms with Crippen LogP contribution in [0, 0.1) is 17.8 Å². The summed E-state index contributed by atoms with van der Waals surface area (Å²) >= 11 is 0. The van der Waals surface area contributed by atoms with Gasteiger partial charge in [-0.05, 0) is 31.1 Å². The minimum Gasteiger partial charge on any atom is -0.341 e. The number of piperidine rings is 1. The van der Waals surface area contributed by atoms with E-state index in [-0.39, 0.29) is 12.0 Å². The second-order valence-corrected chi connectivity index (χ2v) is 5.34. The summed E-state index contributed by atoms with van der Waals surface area (Å²) in [6, 6.07) is 0.175. The summed E-state index contributed by atoms with van der Waals surface area (Å²) < 4.78 is 0. The van der Waals surface area contributed by atoms with Crippen LogP contribution in [0.25, 0.3) is 0 Å². The van der Waals surface area contributed by atoms with E-state index in [1.165, 1.54) is 12.8 Å². The van der Waals surface area contributed by atoms with Crippen molar-refractivity contribution in [2.75, 3.05) is 13.1 Å². The van der Waals surface area contributed by atoms with Crippen molar-refractivity contribution >= 4 is 5.91 Å². The third kappa shape index (κ3) is 2.33. The summed E-state index contributed by atoms with van der Waals surface area (Å²) in [5.41, 5.74) is 6.00. The number of likely N-dealkylation sites (tertiary alicyclic amines) is 1. The van der Waals surface area contributed by atoms with Gasteiger partial charge in [0.1, 0.15) is 0 Å². The van der Waals surface area contributed by atoms with Gasteiger partial charge in [-0.3, -0.25) is 4.79 Å². The van der Waals surface area contributed by atoms with E-state index >= 15 is 0 Å². The molecule has 3 atom stereocenters. The molecule has 3 unspecified atom stereocenters. The lowest BCUT2D eigenvalue weighted by Gasteiger charge is -2.36. The van der Waals surface area contributed by atoms with Crippen molar-refractivity contribution < 1.29 is 4.79 Å². The van der Waals surface area contributed by atoms with Gasteiger partial charge in [-0.2, -0.15) is 0 Å². The molecule has 0 radical (unpaired) electrons. The van der Waals surface area contributed by atoms with Crippen LogP contribution >= 0.6 is 0 Å². The molecular formula is C12H22N2O. The first kappa shape index (κ1) is 10.9. The molecule has 0 bridgehead atoms. The normalized spacial score (nSPS) is 33.9. The van der Waals surface area contributed by atoms with Crippen molar-refractivity contribution in [1.82, 2.24) is 4.90 Å². The average Bonchev–Trinajstić information content (AvgIpc) is 3.03. The Hall–Kier alpha value is -0.570. The molecule has 2 fully saturated rings. The summed E-state index contributed by atoms with van der Waals surface area (Å²) in [4.78, 5) is 14.1. The summed E-state index contributed by atoms with van der Waals surface area (Å²) in [7, 11) is 0. The number of rotatable bonds is 2. The highest BCUT2D eigenvalue weighted by molar-refractivity contribution is 5.79. The summed E-state index contributed by atoms with van der Waals surface area (Å²) in [6.07, 6.45) is 3.54. The predicted octanol–water partition coefficient (Wildman–Crippen LogP) is 1.23. The van der Waals surface area contributed by atoms with Crippen LogP contribution in [0.15, 0.2) is 0 Å². The highest BCUT2D eigenvalue weighted by Crippen LogP contribution is 2.37. The standard InChI is InChI=1S/C12H22N2O/c1-8-5-6-14(7-11(8)13)12(15)9(2)10-3-4-10/h8-11H,3-7,13H2,1-2H3. The number of nitrogens with two attached hydrogens (primary N) is 1. The van der Waals surface area contributed by atoms with Gasteiger partial charge in [-0.15, -0.1) is 0 Å². The van der Waals surface area contributed by atoms with Gasteiger partial charge in [0.25, 0.3) is 0 Å². The fourth-order valence-corrected chi connectivity index (χ4v) is 2.39. The molecule has 0 aromatic carbocycles. The maximum atomic E-state index is 12.1. The maximum absolute atomic E-state index is 12.1. The molecule has 0 aromatic heterocycles. The van der Waals surface area contributed by atoms with Crippen LogP contribution in [-0.2, 0) is 4.79 Å². The molecule has 1 saturated heterocycles. The fraction of sp³-hybridized carbons (Fsp3) is 0.917. The van der Waals surface area contributed by atoms with Crippen LogP contribution in [-0.4, -0.2) is 29.9 Å². The molecule has 1 amide bonds. The number of nitrogens with zero attached hydrogens (tertiary/aromatic N) is 1. The van der Waals surface area contributed by atoms with E-state index in [2.05, 4.69) is 13.8 Å². The number of hydrogen-bond donors (Lipinski definition) is 1. The molecule has 3 nitrogen and oxygen atoms in total. The van der Waals surface area contributed by atoms with Crippen molar-refractivity contribution in [1.29, 1.82) is 0 Å². The number of amides is 1. The van der Waals surface area contributed by atoms with E-state index in [4.69, 9.17) is 5.73 Å². The molecule has 1 heterocycles. The molecular weight excluding hydrogens is 188 g/mol. The molecule has 3 heteroatoms. The van der Waals surface area contributed by atoms with E-state index in [0.717, 1.165) is 19.5 Å². The van der Waals surface area contributed by atoms with Crippen molar-refractivity contribution in [2.24, 2.45) is 23.5 Å². The Morgan fingerprint density at radius 2 is 2.07 bits per heavy atom. The van der Waals surface area contributed by atoms with E-state index < -0.39 is 0 Å². The third-order valence-corrected chi connectivity index (χ3v) is 4.05. The molecule has 2 N–H and O–H groups in total. The zero-order valence-electron chi connectivity index (χ0n) is 9.78. The molecule has 1 saturated carbocycles. The average molecular weight is 210 g/mol. The zero-order chi connectivity index (χ0) is 11.0. The van der Waals surface area contributed by atoms with Crippen molar-refractivity contribution in [3.63, 3.8) is 0 Å². The van der Waals surface area contributed by atoms with Crippen LogP contribution in [0.3, 0.4) is 0 Å². The maximum Gasteiger partial charge on any atom is 0.225 e. The minimum atomic E-state index is 0.175. The smallest absolute Gasteiger partial charge is 0.225 e. The first-order valence-electron chi connectivity index (χ1n) is 6.14. The third-order valence-electron chi connectivity index (χ3n) is 4.05. The number of carbonyl (C=O) groups is 1. The summed E-state index contributed by atoms with van der Waals surface area (Å²) in [6.45, 7) is 5.92. The first-order chi connectivity index (χ1) is 7.09. The van der Waals surface area contributed by atoms with Gasteiger partial charge in [0.15, 0.2) is 0 Å². The lowest BCUT2D eigenvalue weighted by molar-refractivity contribution is -0.137. The van der Waals surface area contributed by atoms with Crippen LogP contribution in [0.5, 0.6) is 0 Å². The van der Waals surface area contributed by atoms with Gasteiger partial charge in [0.2, 0.25) is 5.91 Å². The lowest BCUT2D eigenvalue weighted by Crippen LogP contribution is -2.51. The number of carbonyl (C=O) groups excluding carboxylic acids is 1. The molecule has 1 aliphatic carbocycles. The van der Waals surface area contributed by atoms with Gasteiger partial charge in [-0.1, -0.05) is 13.8 Å². The molecule has 86 valence electrons. The molecule has 0 aromatic rings. The second-order valence-electron chi connectivity index (χ2n) is 5.34. The van der Waals surface area contributed by atoms with Gasteiger partial charge >= 0.3 is 0 Å². The molecule has 2 rings (SSSR count). The van der Waals surface area contributed by atoms with E-state index in [0.29, 0.717) is 17.7 Å². The SMILES string of the molecule is CC1CCN(C(=O)C(C)C2CC2)CC1N. The van der Waals surface area contributed by atoms with E-state index in [9.17, 15) is 4.79 Å². The highest BCUT2D eigenvalue weighted by Gasteiger charge is 2.36. The summed E-state index contributed by atoms with van der Waals surface area (Å²) in [5.74, 6) is 1.78. The van der Waals surface area contributed by atoms with E-state index in [1.54, 1.807) is 0 Å². The Morgan fingerprint density at radius 1 is 1.40 bits per heavy atom.